The van der Waals surface area contributed by atoms with Crippen molar-refractivity contribution in [3.63, 3.8) is 0 Å². The molecule has 0 aromatic carbocycles. The number of hydrogen-bond acceptors (Lipinski definition) is 5. The van der Waals surface area contributed by atoms with E-state index in [9.17, 15) is 20.4 Å². The van der Waals surface area contributed by atoms with Gasteiger partial charge in [-0.15, -0.1) is 0 Å². The number of aliphatic hydroxyl groups is 4. The first-order valence-corrected chi connectivity index (χ1v) is 3.99. The highest BCUT2D eigenvalue weighted by Crippen LogP contribution is 2.11. The van der Waals surface area contributed by atoms with Crippen LogP contribution in [0.1, 0.15) is 6.92 Å². The van der Waals surface area contributed by atoms with Gasteiger partial charge in [0.25, 0.3) is 0 Å². The third kappa shape index (κ3) is 1.75. The van der Waals surface area contributed by atoms with Gasteiger partial charge in [-0.05, 0) is 6.92 Å². The van der Waals surface area contributed by atoms with E-state index in [0.29, 0.717) is 0 Å². The monoisotopic (exact) mass is 177 g/mol. The van der Waals surface area contributed by atoms with Crippen LogP contribution in [0.4, 0.5) is 0 Å². The van der Waals surface area contributed by atoms with Gasteiger partial charge in [0.2, 0.25) is 0 Å². The first kappa shape index (κ1) is 9.88. The van der Waals surface area contributed by atoms with Crippen LogP contribution in [-0.4, -0.2) is 57.4 Å². The fourth-order valence-corrected chi connectivity index (χ4v) is 1.27. The summed E-state index contributed by atoms with van der Waals surface area (Å²) in [5.41, 5.74) is 0. The molecule has 12 heavy (non-hydrogen) atoms. The molecule has 5 nitrogen and oxygen atoms in total. The highest BCUT2D eigenvalue weighted by molar-refractivity contribution is 4.91. The average Bonchev–Trinajstić information content (AvgIpc) is 2.14. The molecule has 0 radical (unpaired) electrons. The minimum absolute atomic E-state index is 0.177. The predicted octanol–water partition coefficient (Wildman–Crippen LogP) is -2.58. The highest BCUT2D eigenvalue weighted by Gasteiger charge is 2.36. The van der Waals surface area contributed by atoms with Crippen molar-refractivity contribution in [2.45, 2.75) is 37.4 Å². The molecule has 0 aromatic heterocycles. The summed E-state index contributed by atoms with van der Waals surface area (Å²) in [6.07, 6.45) is -4.64. The van der Waals surface area contributed by atoms with Gasteiger partial charge in [-0.2, -0.15) is 0 Å². The molecule has 1 aliphatic heterocycles. The molecule has 5 atom stereocenters. The summed E-state index contributed by atoms with van der Waals surface area (Å²) in [6.45, 7) is 1.86. The highest BCUT2D eigenvalue weighted by atomic mass is 16.4. The van der Waals surface area contributed by atoms with Crippen molar-refractivity contribution in [3.05, 3.63) is 0 Å². The fourth-order valence-electron chi connectivity index (χ4n) is 1.27. The lowest BCUT2D eigenvalue weighted by Gasteiger charge is -2.23. The van der Waals surface area contributed by atoms with Crippen LogP contribution in [0.3, 0.4) is 0 Å². The van der Waals surface area contributed by atoms with Crippen molar-refractivity contribution in [1.82, 2.24) is 5.32 Å². The standard InChI is InChI=1S/C7H15NO4/c1-3-5(10)7(12)6(11)4(9)2-8-3/h3-12H,2H2,1H3/t3-,4-,5-,6-,7-/m1/s1. The van der Waals surface area contributed by atoms with E-state index >= 15 is 0 Å². The van der Waals surface area contributed by atoms with Crippen LogP contribution < -0.4 is 5.32 Å². The zero-order chi connectivity index (χ0) is 9.30. The molecule has 0 spiro atoms. The molecule has 5 N–H and O–H groups in total. The summed E-state index contributed by atoms with van der Waals surface area (Å²) in [7, 11) is 0. The SMILES string of the molecule is C[C@H]1NC[C@@H](O)[C@@H](O)[C@H](O)[C@@H]1O. The molecule has 0 bridgehead atoms. The van der Waals surface area contributed by atoms with Gasteiger partial charge >= 0.3 is 0 Å². The van der Waals surface area contributed by atoms with E-state index in [2.05, 4.69) is 5.32 Å². The van der Waals surface area contributed by atoms with Gasteiger partial charge in [-0.1, -0.05) is 0 Å². The second-order valence-electron chi connectivity index (χ2n) is 3.24. The summed E-state index contributed by atoms with van der Waals surface area (Å²) >= 11 is 0. The molecular formula is C7H15NO4. The number of nitrogens with one attached hydrogen (secondary N) is 1. The zero-order valence-corrected chi connectivity index (χ0v) is 6.88. The van der Waals surface area contributed by atoms with E-state index in [0.717, 1.165) is 0 Å². The second kappa shape index (κ2) is 3.68. The lowest BCUT2D eigenvalue weighted by Crippen LogP contribution is -2.46. The topological polar surface area (TPSA) is 93.0 Å². The summed E-state index contributed by atoms with van der Waals surface area (Å²) in [6, 6.07) is -0.327. The summed E-state index contributed by atoms with van der Waals surface area (Å²) < 4.78 is 0. The van der Waals surface area contributed by atoms with Crippen LogP contribution in [0.2, 0.25) is 0 Å². The minimum atomic E-state index is -1.29. The molecule has 0 aromatic rings. The molecule has 0 amide bonds. The van der Waals surface area contributed by atoms with Crippen LogP contribution in [0.15, 0.2) is 0 Å². The van der Waals surface area contributed by atoms with Crippen molar-refractivity contribution < 1.29 is 20.4 Å². The average molecular weight is 177 g/mol. The second-order valence-corrected chi connectivity index (χ2v) is 3.24. The molecule has 0 unspecified atom stereocenters. The Labute approximate surface area is 70.6 Å². The normalized spacial score (nSPS) is 50.2. The molecule has 1 saturated heterocycles. The van der Waals surface area contributed by atoms with E-state index < -0.39 is 24.4 Å². The van der Waals surface area contributed by atoms with E-state index in [1.54, 1.807) is 6.92 Å². The molecule has 0 aliphatic carbocycles. The van der Waals surface area contributed by atoms with Gasteiger partial charge < -0.3 is 25.7 Å². The Balaban J connectivity index is 2.68. The van der Waals surface area contributed by atoms with Crippen molar-refractivity contribution in [2.24, 2.45) is 0 Å². The Bertz CT molecular complexity index is 138. The molecule has 1 aliphatic rings. The number of hydrogen-bond donors (Lipinski definition) is 5. The van der Waals surface area contributed by atoms with E-state index in [-0.39, 0.29) is 12.6 Å². The minimum Gasteiger partial charge on any atom is -0.389 e. The third-order valence-electron chi connectivity index (χ3n) is 2.26. The Morgan fingerprint density at radius 2 is 1.58 bits per heavy atom. The van der Waals surface area contributed by atoms with E-state index in [1.807, 2.05) is 0 Å². The van der Waals surface area contributed by atoms with Crippen molar-refractivity contribution in [2.75, 3.05) is 6.54 Å². The van der Waals surface area contributed by atoms with Crippen LogP contribution in [0, 0.1) is 0 Å². The smallest absolute Gasteiger partial charge is 0.110 e. The van der Waals surface area contributed by atoms with Crippen LogP contribution in [0.5, 0.6) is 0 Å². The maximum atomic E-state index is 9.33. The largest absolute Gasteiger partial charge is 0.389 e. The lowest BCUT2D eigenvalue weighted by molar-refractivity contribution is -0.0945. The molecule has 1 rings (SSSR count). The maximum absolute atomic E-state index is 9.33. The molecule has 1 heterocycles. The fraction of sp³-hybridized carbons (Fsp3) is 1.00. The van der Waals surface area contributed by atoms with Crippen LogP contribution >= 0.6 is 0 Å². The number of rotatable bonds is 0. The Morgan fingerprint density at radius 3 is 2.17 bits per heavy atom. The number of β-amino-alcohol motifs (C(OH)–C–C–N with tert-alkyl or cyclic N) is 1. The van der Waals surface area contributed by atoms with Gasteiger partial charge in [0.1, 0.15) is 12.2 Å². The zero-order valence-electron chi connectivity index (χ0n) is 6.88. The van der Waals surface area contributed by atoms with Gasteiger partial charge in [0.05, 0.1) is 12.2 Å². The van der Waals surface area contributed by atoms with Crippen LogP contribution in [-0.2, 0) is 0 Å². The van der Waals surface area contributed by atoms with Crippen molar-refractivity contribution >= 4 is 0 Å². The molecule has 1 fully saturated rings. The first-order chi connectivity index (χ1) is 5.54. The Hall–Kier alpha value is -0.200. The molecular weight excluding hydrogens is 162 g/mol. The third-order valence-corrected chi connectivity index (χ3v) is 2.26. The van der Waals surface area contributed by atoms with Crippen LogP contribution in [0.25, 0.3) is 0 Å². The molecule has 0 saturated carbocycles. The molecule has 5 heteroatoms. The van der Waals surface area contributed by atoms with E-state index in [1.165, 1.54) is 0 Å². The summed E-state index contributed by atoms with van der Waals surface area (Å²) in [4.78, 5) is 0. The predicted molar refractivity (Wildman–Crippen MR) is 41.5 cm³/mol. The maximum Gasteiger partial charge on any atom is 0.110 e. The van der Waals surface area contributed by atoms with Gasteiger partial charge in [-0.25, -0.2) is 0 Å². The Kier molecular flexibility index (Phi) is 3.03. The van der Waals surface area contributed by atoms with Crippen molar-refractivity contribution in [3.8, 4) is 0 Å². The quantitative estimate of drug-likeness (QED) is 0.280. The Morgan fingerprint density at radius 1 is 1.00 bits per heavy atom. The van der Waals surface area contributed by atoms with E-state index in [4.69, 9.17) is 0 Å². The number of aliphatic hydroxyl groups excluding tert-OH is 4. The molecule has 72 valence electrons. The van der Waals surface area contributed by atoms with Gasteiger partial charge in [0, 0.05) is 12.6 Å². The van der Waals surface area contributed by atoms with Crippen molar-refractivity contribution in [1.29, 1.82) is 0 Å². The lowest BCUT2D eigenvalue weighted by atomic mass is 10.0. The van der Waals surface area contributed by atoms with Gasteiger partial charge in [-0.3, -0.25) is 0 Å². The van der Waals surface area contributed by atoms with Gasteiger partial charge in [0.15, 0.2) is 0 Å². The summed E-state index contributed by atoms with van der Waals surface area (Å²) in [5.74, 6) is 0. The summed E-state index contributed by atoms with van der Waals surface area (Å²) in [5, 5.41) is 39.8. The first-order valence-electron chi connectivity index (χ1n) is 3.99.